The van der Waals surface area contributed by atoms with Crippen molar-refractivity contribution in [3.63, 3.8) is 0 Å². The maximum absolute atomic E-state index is 13.0. The topological polar surface area (TPSA) is 55.0 Å². The van der Waals surface area contributed by atoms with Crippen LogP contribution in [0.2, 0.25) is 5.02 Å². The number of alkyl halides is 3. The van der Waals surface area contributed by atoms with E-state index in [4.69, 9.17) is 20.8 Å². The first-order chi connectivity index (χ1) is 13.8. The normalized spacial score (nSPS) is 19.2. The Morgan fingerprint density at radius 2 is 1.93 bits per heavy atom. The Hall–Kier alpha value is -2.23. The minimum Gasteiger partial charge on any atom is -0.457 e. The first-order valence-electron chi connectivity index (χ1n) is 8.63. The molecule has 29 heavy (non-hydrogen) atoms. The smallest absolute Gasteiger partial charge is 0.416 e. The zero-order valence-corrected chi connectivity index (χ0v) is 16.4. The standard InChI is InChI=1S/C19H14ClF3N2O3S/c20-14-3-1-11(19(21,22)23)9-13(14)15-4-2-12(28-15)10-16-17(26)24-18(29-16)25-5-7-27-8-6-25/h1-4,9-10H,5-8H2. The number of benzene rings is 1. The van der Waals surface area contributed by atoms with E-state index < -0.39 is 11.7 Å². The molecule has 1 saturated heterocycles. The number of carbonyl (C=O) groups is 1. The number of carbonyl (C=O) groups excluding carboxylic acids is 1. The van der Waals surface area contributed by atoms with Crippen molar-refractivity contribution in [1.82, 2.24) is 4.90 Å². The van der Waals surface area contributed by atoms with Crippen LogP contribution in [-0.4, -0.2) is 42.3 Å². The molecule has 152 valence electrons. The number of hydrogen-bond donors (Lipinski definition) is 0. The van der Waals surface area contributed by atoms with Crippen LogP contribution in [0.5, 0.6) is 0 Å². The van der Waals surface area contributed by atoms with Crippen LogP contribution < -0.4 is 0 Å². The fourth-order valence-corrected chi connectivity index (χ4v) is 4.04. The van der Waals surface area contributed by atoms with Crippen molar-refractivity contribution in [2.75, 3.05) is 26.3 Å². The zero-order chi connectivity index (χ0) is 20.6. The molecule has 0 spiro atoms. The third-order valence-electron chi connectivity index (χ3n) is 4.35. The van der Waals surface area contributed by atoms with Gasteiger partial charge in [0, 0.05) is 24.7 Å². The molecule has 0 unspecified atom stereocenters. The molecular weight excluding hydrogens is 429 g/mol. The Morgan fingerprint density at radius 3 is 2.66 bits per heavy atom. The van der Waals surface area contributed by atoms with E-state index in [0.717, 1.165) is 12.1 Å². The summed E-state index contributed by atoms with van der Waals surface area (Å²) in [5.41, 5.74) is -0.694. The molecule has 0 aliphatic carbocycles. The number of rotatable bonds is 2. The van der Waals surface area contributed by atoms with E-state index in [1.54, 1.807) is 6.07 Å². The Balaban J connectivity index is 1.55. The number of furan rings is 1. The number of amides is 1. The lowest BCUT2D eigenvalue weighted by atomic mass is 10.1. The maximum atomic E-state index is 13.0. The van der Waals surface area contributed by atoms with Crippen molar-refractivity contribution in [3.8, 4) is 11.3 Å². The van der Waals surface area contributed by atoms with Crippen LogP contribution in [0.25, 0.3) is 17.4 Å². The Kier molecular flexibility index (Phi) is 5.46. The molecule has 0 radical (unpaired) electrons. The molecule has 3 heterocycles. The summed E-state index contributed by atoms with van der Waals surface area (Å²) in [6.45, 7) is 2.47. The van der Waals surface area contributed by atoms with E-state index in [2.05, 4.69) is 4.99 Å². The van der Waals surface area contributed by atoms with E-state index >= 15 is 0 Å². The van der Waals surface area contributed by atoms with Gasteiger partial charge in [-0.3, -0.25) is 4.79 Å². The lowest BCUT2D eigenvalue weighted by molar-refractivity contribution is -0.137. The Labute approximate surface area is 173 Å². The largest absolute Gasteiger partial charge is 0.457 e. The van der Waals surface area contributed by atoms with E-state index in [1.165, 1.54) is 30.0 Å². The highest BCUT2D eigenvalue weighted by atomic mass is 35.5. The van der Waals surface area contributed by atoms with Gasteiger partial charge in [0.05, 0.1) is 28.7 Å². The average molecular weight is 443 g/mol. The molecule has 0 N–H and O–H groups in total. The molecule has 2 aromatic rings. The number of amidine groups is 1. The summed E-state index contributed by atoms with van der Waals surface area (Å²) in [4.78, 5) is 18.6. The highest BCUT2D eigenvalue weighted by molar-refractivity contribution is 8.18. The summed E-state index contributed by atoms with van der Waals surface area (Å²) in [6.07, 6.45) is -2.97. The van der Waals surface area contributed by atoms with Crippen molar-refractivity contribution < 1.29 is 27.1 Å². The van der Waals surface area contributed by atoms with Gasteiger partial charge in [0.25, 0.3) is 5.91 Å². The van der Waals surface area contributed by atoms with Crippen LogP contribution in [0, 0.1) is 0 Å². The fraction of sp³-hybridized carbons (Fsp3) is 0.263. The van der Waals surface area contributed by atoms with Crippen molar-refractivity contribution in [3.05, 3.63) is 51.6 Å². The van der Waals surface area contributed by atoms with Crippen LogP contribution in [0.4, 0.5) is 13.2 Å². The predicted octanol–water partition coefficient (Wildman–Crippen LogP) is 4.92. The van der Waals surface area contributed by atoms with Gasteiger partial charge in [-0.2, -0.15) is 18.2 Å². The molecule has 2 aliphatic heterocycles. The minimum atomic E-state index is -4.49. The summed E-state index contributed by atoms with van der Waals surface area (Å²) in [6, 6.07) is 6.11. The number of nitrogens with zero attached hydrogens (tertiary/aromatic N) is 2. The number of halogens is 4. The molecule has 5 nitrogen and oxygen atoms in total. The van der Waals surface area contributed by atoms with Gasteiger partial charge in [0.15, 0.2) is 5.17 Å². The second-order valence-electron chi connectivity index (χ2n) is 6.30. The van der Waals surface area contributed by atoms with Gasteiger partial charge in [0.2, 0.25) is 0 Å². The van der Waals surface area contributed by atoms with Crippen LogP contribution >= 0.6 is 23.4 Å². The maximum Gasteiger partial charge on any atom is 0.416 e. The molecule has 1 aromatic carbocycles. The lowest BCUT2D eigenvalue weighted by Gasteiger charge is -2.27. The molecular formula is C19H14ClF3N2O3S. The second kappa shape index (κ2) is 7.89. The highest BCUT2D eigenvalue weighted by Gasteiger charge is 2.31. The predicted molar refractivity (Wildman–Crippen MR) is 105 cm³/mol. The van der Waals surface area contributed by atoms with Gasteiger partial charge in [-0.1, -0.05) is 11.6 Å². The molecule has 2 aliphatic rings. The van der Waals surface area contributed by atoms with E-state index in [-0.39, 0.29) is 22.3 Å². The van der Waals surface area contributed by atoms with Gasteiger partial charge in [-0.05, 0) is 42.1 Å². The Morgan fingerprint density at radius 1 is 1.17 bits per heavy atom. The summed E-state index contributed by atoms with van der Waals surface area (Å²) >= 11 is 7.28. The second-order valence-corrected chi connectivity index (χ2v) is 7.72. The van der Waals surface area contributed by atoms with Gasteiger partial charge < -0.3 is 14.1 Å². The molecule has 0 bridgehead atoms. The van der Waals surface area contributed by atoms with Crippen LogP contribution in [-0.2, 0) is 15.7 Å². The fourth-order valence-electron chi connectivity index (χ4n) is 2.88. The monoisotopic (exact) mass is 442 g/mol. The molecule has 10 heteroatoms. The van der Waals surface area contributed by atoms with Crippen LogP contribution in [0.15, 0.2) is 44.6 Å². The number of hydrogen-bond acceptors (Lipinski definition) is 5. The summed E-state index contributed by atoms with van der Waals surface area (Å²) in [5.74, 6) is 0.118. The quantitative estimate of drug-likeness (QED) is 0.618. The first-order valence-corrected chi connectivity index (χ1v) is 9.83. The average Bonchev–Trinajstić information content (AvgIpc) is 3.29. The highest BCUT2D eigenvalue weighted by Crippen LogP contribution is 2.37. The molecule has 1 amide bonds. The molecule has 1 aromatic heterocycles. The van der Waals surface area contributed by atoms with Gasteiger partial charge in [-0.15, -0.1) is 0 Å². The number of ether oxygens (including phenoxy) is 1. The third kappa shape index (κ3) is 4.36. The van der Waals surface area contributed by atoms with E-state index in [1.807, 2.05) is 4.90 Å². The lowest BCUT2D eigenvalue weighted by Crippen LogP contribution is -2.38. The van der Waals surface area contributed by atoms with Crippen LogP contribution in [0.1, 0.15) is 11.3 Å². The van der Waals surface area contributed by atoms with Crippen molar-refractivity contribution >= 4 is 40.5 Å². The van der Waals surface area contributed by atoms with Crippen molar-refractivity contribution in [2.45, 2.75) is 6.18 Å². The minimum absolute atomic E-state index is 0.127. The molecule has 0 atom stereocenters. The number of morpholine rings is 1. The summed E-state index contributed by atoms with van der Waals surface area (Å²) in [7, 11) is 0. The van der Waals surface area contributed by atoms with E-state index in [0.29, 0.717) is 42.1 Å². The van der Waals surface area contributed by atoms with Gasteiger partial charge in [0.1, 0.15) is 11.5 Å². The summed E-state index contributed by atoms with van der Waals surface area (Å²) in [5, 5.41) is 0.744. The van der Waals surface area contributed by atoms with E-state index in [9.17, 15) is 18.0 Å². The van der Waals surface area contributed by atoms with Gasteiger partial charge >= 0.3 is 6.18 Å². The first kappa shape index (κ1) is 20.1. The molecule has 1 fully saturated rings. The number of thioether (sulfide) groups is 1. The van der Waals surface area contributed by atoms with Crippen molar-refractivity contribution in [2.24, 2.45) is 4.99 Å². The molecule has 0 saturated carbocycles. The zero-order valence-electron chi connectivity index (χ0n) is 14.8. The van der Waals surface area contributed by atoms with Gasteiger partial charge in [-0.25, -0.2) is 0 Å². The number of aliphatic imine (C=N–C) groups is 1. The third-order valence-corrected chi connectivity index (χ3v) is 5.72. The Bertz CT molecular complexity index is 1010. The summed E-state index contributed by atoms with van der Waals surface area (Å²) < 4.78 is 49.9. The van der Waals surface area contributed by atoms with Crippen molar-refractivity contribution in [1.29, 1.82) is 0 Å². The molecule has 4 rings (SSSR count). The van der Waals surface area contributed by atoms with Crippen LogP contribution in [0.3, 0.4) is 0 Å². The SMILES string of the molecule is O=C1N=C(N2CCOCC2)SC1=Cc1ccc(-c2cc(C(F)(F)F)ccc2Cl)o1.